The number of carbonyl (C=O) groups excluding carboxylic acids is 1. The molecule has 0 radical (unpaired) electrons. The summed E-state index contributed by atoms with van der Waals surface area (Å²) in [7, 11) is 0. The number of nitrogens with one attached hydrogen (secondary N) is 1. The van der Waals surface area contributed by atoms with Gasteiger partial charge in [0.15, 0.2) is 5.16 Å². The predicted molar refractivity (Wildman–Crippen MR) is 92.5 cm³/mol. The Hall–Kier alpha value is -2.18. The van der Waals surface area contributed by atoms with Crippen molar-refractivity contribution < 1.29 is 9.53 Å². The van der Waals surface area contributed by atoms with Crippen LogP contribution in [0.2, 0.25) is 5.02 Å². The van der Waals surface area contributed by atoms with Crippen molar-refractivity contribution in [2.24, 2.45) is 0 Å². The number of fused-ring (bicyclic) bond motifs is 1. The maximum atomic E-state index is 12.0. The second kappa shape index (κ2) is 6.93. The van der Waals surface area contributed by atoms with Crippen molar-refractivity contribution in [3.05, 3.63) is 59.1 Å². The minimum Gasteiger partial charge on any atom is -0.443 e. The molecule has 1 N–H and O–H groups in total. The molecule has 0 spiro atoms. The smallest absolute Gasteiger partial charge is 0.426 e. The van der Waals surface area contributed by atoms with Crippen LogP contribution in [0.1, 0.15) is 5.56 Å². The van der Waals surface area contributed by atoms with Crippen LogP contribution in [0, 0.1) is 0 Å². The van der Waals surface area contributed by atoms with E-state index in [-0.39, 0.29) is 6.61 Å². The maximum Gasteiger partial charge on any atom is 0.426 e. The highest BCUT2D eigenvalue weighted by Crippen LogP contribution is 2.23. The molecule has 118 valence electrons. The predicted octanol–water partition coefficient (Wildman–Crippen LogP) is 4.29. The van der Waals surface area contributed by atoms with Gasteiger partial charge in [0.05, 0.1) is 11.0 Å². The molecule has 1 amide bonds. The number of rotatable bonds is 4. The van der Waals surface area contributed by atoms with E-state index < -0.39 is 6.09 Å². The number of halogens is 1. The van der Waals surface area contributed by atoms with Crippen LogP contribution in [0.15, 0.2) is 53.7 Å². The van der Waals surface area contributed by atoms with Crippen molar-refractivity contribution >= 4 is 40.5 Å². The van der Waals surface area contributed by atoms with E-state index in [2.05, 4.69) is 10.4 Å². The molecule has 0 aliphatic rings. The van der Waals surface area contributed by atoms with Crippen molar-refractivity contribution in [3.8, 4) is 0 Å². The van der Waals surface area contributed by atoms with E-state index in [0.717, 1.165) is 11.1 Å². The summed E-state index contributed by atoms with van der Waals surface area (Å²) < 4.78 is 6.84. The monoisotopic (exact) mass is 347 g/mol. The van der Waals surface area contributed by atoms with Crippen molar-refractivity contribution in [1.82, 2.24) is 9.66 Å². The van der Waals surface area contributed by atoms with Crippen LogP contribution in [-0.4, -0.2) is 22.0 Å². The molecule has 0 unspecified atom stereocenters. The summed E-state index contributed by atoms with van der Waals surface area (Å²) >= 11 is 7.40. The molecule has 0 aliphatic heterocycles. The van der Waals surface area contributed by atoms with Gasteiger partial charge in [0.1, 0.15) is 6.61 Å². The third-order valence-corrected chi connectivity index (χ3v) is 4.06. The third kappa shape index (κ3) is 3.60. The molecule has 7 heteroatoms. The Bertz CT molecular complexity index is 836. The summed E-state index contributed by atoms with van der Waals surface area (Å²) in [6.07, 6.45) is 1.34. The largest absolute Gasteiger partial charge is 0.443 e. The van der Waals surface area contributed by atoms with Crippen LogP contribution in [0.3, 0.4) is 0 Å². The molecule has 1 aromatic heterocycles. The van der Waals surface area contributed by atoms with Gasteiger partial charge in [0, 0.05) is 5.02 Å². The second-order valence-corrected chi connectivity index (χ2v) is 5.95. The third-order valence-electron chi connectivity index (χ3n) is 3.18. The van der Waals surface area contributed by atoms with Gasteiger partial charge >= 0.3 is 6.09 Å². The summed E-state index contributed by atoms with van der Waals surface area (Å²) in [5.74, 6) is 0. The number of carbonyl (C=O) groups is 1. The van der Waals surface area contributed by atoms with Crippen LogP contribution in [0.25, 0.3) is 11.0 Å². The lowest BCUT2D eigenvalue weighted by Gasteiger charge is -2.10. The lowest BCUT2D eigenvalue weighted by Crippen LogP contribution is -2.24. The number of ether oxygens (including phenoxy) is 1. The second-order valence-electron chi connectivity index (χ2n) is 4.74. The quantitative estimate of drug-likeness (QED) is 0.715. The standard InChI is InChI=1S/C16H14ClN3O2S/c1-23-15-18-13-9-12(17)7-8-14(13)20(15)19-16(21)22-10-11-5-3-2-4-6-11/h2-9H,10H2,1H3,(H,19,21). The van der Waals surface area contributed by atoms with Crippen molar-refractivity contribution in [2.75, 3.05) is 11.7 Å². The lowest BCUT2D eigenvalue weighted by molar-refractivity contribution is 0.151. The highest BCUT2D eigenvalue weighted by Gasteiger charge is 2.13. The van der Waals surface area contributed by atoms with Gasteiger partial charge in [-0.3, -0.25) is 0 Å². The molecule has 0 saturated carbocycles. The molecule has 0 saturated heterocycles. The maximum absolute atomic E-state index is 12.0. The van der Waals surface area contributed by atoms with Crippen LogP contribution in [0.4, 0.5) is 4.79 Å². The van der Waals surface area contributed by atoms with Crippen LogP contribution in [-0.2, 0) is 11.3 Å². The summed E-state index contributed by atoms with van der Waals surface area (Å²) in [6.45, 7) is 0.208. The summed E-state index contributed by atoms with van der Waals surface area (Å²) in [5.41, 5.74) is 5.10. The first-order valence-corrected chi connectivity index (χ1v) is 8.47. The number of aromatic nitrogens is 2. The Balaban J connectivity index is 1.76. The van der Waals surface area contributed by atoms with E-state index >= 15 is 0 Å². The Morgan fingerprint density at radius 2 is 2.09 bits per heavy atom. The normalized spacial score (nSPS) is 10.7. The number of imidazole rings is 1. The van der Waals surface area contributed by atoms with Gasteiger partial charge in [0.2, 0.25) is 0 Å². The van der Waals surface area contributed by atoms with E-state index in [4.69, 9.17) is 16.3 Å². The van der Waals surface area contributed by atoms with Crippen LogP contribution >= 0.6 is 23.4 Å². The van der Waals surface area contributed by atoms with Crippen molar-refractivity contribution in [1.29, 1.82) is 0 Å². The first-order valence-electron chi connectivity index (χ1n) is 6.87. The number of thioether (sulfide) groups is 1. The van der Waals surface area contributed by atoms with Gasteiger partial charge in [-0.25, -0.2) is 19.9 Å². The molecule has 0 fully saturated rings. The molecule has 0 atom stereocenters. The molecule has 0 bridgehead atoms. The van der Waals surface area contributed by atoms with E-state index in [1.165, 1.54) is 11.8 Å². The molecule has 0 aliphatic carbocycles. The zero-order chi connectivity index (χ0) is 16.2. The number of hydrogen-bond acceptors (Lipinski definition) is 4. The van der Waals surface area contributed by atoms with E-state index in [9.17, 15) is 4.79 Å². The average Bonchev–Trinajstić information content (AvgIpc) is 2.90. The van der Waals surface area contributed by atoms with Gasteiger partial charge in [-0.1, -0.05) is 53.7 Å². The molecule has 3 aromatic rings. The van der Waals surface area contributed by atoms with Crippen LogP contribution < -0.4 is 5.43 Å². The molecule has 1 heterocycles. The minimum atomic E-state index is -0.543. The Morgan fingerprint density at radius 3 is 2.83 bits per heavy atom. The average molecular weight is 348 g/mol. The summed E-state index contributed by atoms with van der Waals surface area (Å²) in [6, 6.07) is 14.8. The summed E-state index contributed by atoms with van der Waals surface area (Å²) in [5, 5.41) is 1.25. The molecule has 5 nitrogen and oxygen atoms in total. The fourth-order valence-corrected chi connectivity index (χ4v) is 2.81. The van der Waals surface area contributed by atoms with Crippen molar-refractivity contribution in [2.45, 2.75) is 11.8 Å². The van der Waals surface area contributed by atoms with E-state index in [1.54, 1.807) is 16.8 Å². The Kier molecular flexibility index (Phi) is 4.73. The Labute approximate surface area is 142 Å². The number of hydrogen-bond donors (Lipinski definition) is 1. The van der Waals surface area contributed by atoms with E-state index in [0.29, 0.717) is 15.7 Å². The van der Waals surface area contributed by atoms with Gasteiger partial charge in [-0.15, -0.1) is 0 Å². The molecule has 3 rings (SSSR count). The van der Waals surface area contributed by atoms with Gasteiger partial charge < -0.3 is 4.74 Å². The molecular formula is C16H14ClN3O2S. The molecule has 23 heavy (non-hydrogen) atoms. The fourth-order valence-electron chi connectivity index (χ4n) is 2.12. The lowest BCUT2D eigenvalue weighted by atomic mass is 10.2. The van der Waals surface area contributed by atoms with Gasteiger partial charge in [-0.05, 0) is 30.0 Å². The zero-order valence-corrected chi connectivity index (χ0v) is 13.9. The first kappa shape index (κ1) is 15.7. The minimum absolute atomic E-state index is 0.208. The number of benzene rings is 2. The summed E-state index contributed by atoms with van der Waals surface area (Å²) in [4.78, 5) is 16.5. The molecular weight excluding hydrogens is 334 g/mol. The number of amides is 1. The fraction of sp³-hybridized carbons (Fsp3) is 0.125. The SMILES string of the molecule is CSc1nc2cc(Cl)ccc2n1NC(=O)OCc1ccccc1. The number of nitrogens with zero attached hydrogens (tertiary/aromatic N) is 2. The van der Waals surface area contributed by atoms with Crippen molar-refractivity contribution in [3.63, 3.8) is 0 Å². The Morgan fingerprint density at radius 1 is 1.30 bits per heavy atom. The van der Waals surface area contributed by atoms with Crippen LogP contribution in [0.5, 0.6) is 0 Å². The first-order chi connectivity index (χ1) is 11.2. The molecule has 2 aromatic carbocycles. The topological polar surface area (TPSA) is 56.2 Å². The highest BCUT2D eigenvalue weighted by atomic mass is 35.5. The van der Waals surface area contributed by atoms with Gasteiger partial charge in [0.25, 0.3) is 0 Å². The zero-order valence-electron chi connectivity index (χ0n) is 12.3. The van der Waals surface area contributed by atoms with Gasteiger partial charge in [-0.2, -0.15) is 0 Å². The van der Waals surface area contributed by atoms with E-state index in [1.807, 2.05) is 42.7 Å². The highest BCUT2D eigenvalue weighted by molar-refractivity contribution is 7.98.